The van der Waals surface area contributed by atoms with E-state index in [2.05, 4.69) is 5.32 Å². The zero-order valence-electron chi connectivity index (χ0n) is 13.5. The Bertz CT molecular complexity index is 571. The minimum atomic E-state index is -1.22. The molecule has 23 heavy (non-hydrogen) atoms. The lowest BCUT2D eigenvalue weighted by atomic mass is 9.93. The predicted octanol–water partition coefficient (Wildman–Crippen LogP) is 1.31. The van der Waals surface area contributed by atoms with Crippen LogP contribution in [0.25, 0.3) is 0 Å². The van der Waals surface area contributed by atoms with Gasteiger partial charge in [0.2, 0.25) is 11.8 Å². The van der Waals surface area contributed by atoms with Crippen molar-refractivity contribution in [3.8, 4) is 0 Å². The molecular weight excluding hydrogens is 296 g/mol. The maximum atomic E-state index is 12.6. The monoisotopic (exact) mass is 320 g/mol. The van der Waals surface area contributed by atoms with Crippen LogP contribution in [0.2, 0.25) is 0 Å². The maximum Gasteiger partial charge on any atom is 0.334 e. The van der Waals surface area contributed by atoms with E-state index in [9.17, 15) is 19.5 Å². The first-order valence-electron chi connectivity index (χ1n) is 8.45. The summed E-state index contributed by atoms with van der Waals surface area (Å²) >= 11 is 0. The molecule has 1 aliphatic heterocycles. The zero-order chi connectivity index (χ0) is 16.6. The highest BCUT2D eigenvalue weighted by molar-refractivity contribution is 5.97. The van der Waals surface area contributed by atoms with Gasteiger partial charge in [-0.1, -0.05) is 12.5 Å². The molecule has 2 aliphatic carbocycles. The van der Waals surface area contributed by atoms with E-state index in [1.165, 1.54) is 0 Å². The molecule has 0 aromatic rings. The van der Waals surface area contributed by atoms with E-state index in [1.54, 1.807) is 11.9 Å². The van der Waals surface area contributed by atoms with Gasteiger partial charge < -0.3 is 15.3 Å². The molecule has 3 rings (SSSR count). The second kappa shape index (κ2) is 5.98. The third-order valence-corrected chi connectivity index (χ3v) is 5.47. The van der Waals surface area contributed by atoms with Gasteiger partial charge >= 0.3 is 5.97 Å². The average Bonchev–Trinajstić information content (AvgIpc) is 2.99. The van der Waals surface area contributed by atoms with E-state index < -0.39 is 17.4 Å². The summed E-state index contributed by atoms with van der Waals surface area (Å²) in [6, 6.07) is 0. The molecule has 0 radical (unpaired) electrons. The topological polar surface area (TPSA) is 86.7 Å². The summed E-state index contributed by atoms with van der Waals surface area (Å²) in [5.41, 5.74) is -0.417. The van der Waals surface area contributed by atoms with Gasteiger partial charge in [-0.25, -0.2) is 4.79 Å². The number of amides is 2. The number of aliphatic carboxylic acids is 1. The summed E-state index contributed by atoms with van der Waals surface area (Å²) in [7, 11) is 1.80. The Hall–Kier alpha value is -1.85. The van der Waals surface area contributed by atoms with Crippen molar-refractivity contribution in [2.24, 2.45) is 11.8 Å². The SMILES string of the molecule is CN1CCCC/C=C2\C[C@@]2(C(=O)O)NC(=O)[C@@H]2CCCC2C1=O. The van der Waals surface area contributed by atoms with Crippen molar-refractivity contribution in [3.05, 3.63) is 11.6 Å². The molecule has 6 nitrogen and oxygen atoms in total. The first-order chi connectivity index (χ1) is 11.0. The summed E-state index contributed by atoms with van der Waals surface area (Å²) in [5.74, 6) is -1.96. The molecule has 126 valence electrons. The zero-order valence-corrected chi connectivity index (χ0v) is 13.5. The van der Waals surface area contributed by atoms with Gasteiger partial charge in [0.15, 0.2) is 5.54 Å². The number of nitrogens with zero attached hydrogens (tertiary/aromatic N) is 1. The Kier molecular flexibility index (Phi) is 4.17. The number of nitrogens with one attached hydrogen (secondary N) is 1. The van der Waals surface area contributed by atoms with Gasteiger partial charge in [0.25, 0.3) is 0 Å². The summed E-state index contributed by atoms with van der Waals surface area (Å²) in [6.07, 6.45) is 7.14. The third-order valence-electron chi connectivity index (χ3n) is 5.47. The molecule has 0 bridgehead atoms. The van der Waals surface area contributed by atoms with Crippen LogP contribution in [0.15, 0.2) is 11.6 Å². The molecular formula is C17H24N2O4. The van der Waals surface area contributed by atoms with Crippen LogP contribution in [0.5, 0.6) is 0 Å². The second-order valence-corrected chi connectivity index (χ2v) is 7.01. The van der Waals surface area contributed by atoms with Crippen LogP contribution in [0, 0.1) is 11.8 Å². The van der Waals surface area contributed by atoms with Crippen molar-refractivity contribution in [1.29, 1.82) is 0 Å². The van der Waals surface area contributed by atoms with Gasteiger partial charge in [-0.15, -0.1) is 0 Å². The molecule has 1 unspecified atom stereocenters. The molecule has 2 fully saturated rings. The van der Waals surface area contributed by atoms with Crippen LogP contribution in [0.3, 0.4) is 0 Å². The number of carboxylic acid groups (broad SMARTS) is 1. The van der Waals surface area contributed by atoms with Crippen LogP contribution >= 0.6 is 0 Å². The van der Waals surface area contributed by atoms with Crippen molar-refractivity contribution in [2.75, 3.05) is 13.6 Å². The van der Waals surface area contributed by atoms with Crippen LogP contribution in [-0.4, -0.2) is 46.9 Å². The fraction of sp³-hybridized carbons (Fsp3) is 0.706. The minimum absolute atomic E-state index is 0.0234. The summed E-state index contributed by atoms with van der Waals surface area (Å²) < 4.78 is 0. The summed E-state index contributed by atoms with van der Waals surface area (Å²) in [5, 5.41) is 12.3. The number of hydrogen-bond acceptors (Lipinski definition) is 3. The van der Waals surface area contributed by atoms with Gasteiger partial charge in [-0.2, -0.15) is 0 Å². The van der Waals surface area contributed by atoms with Crippen LogP contribution in [0.4, 0.5) is 0 Å². The Morgan fingerprint density at radius 1 is 1.26 bits per heavy atom. The van der Waals surface area contributed by atoms with Crippen LogP contribution < -0.4 is 5.32 Å². The Morgan fingerprint density at radius 2 is 2.00 bits per heavy atom. The lowest BCUT2D eigenvalue weighted by Gasteiger charge is -2.25. The molecule has 3 atom stereocenters. The number of fused-ring (bicyclic) bond motifs is 2. The molecule has 3 aliphatic rings. The van der Waals surface area contributed by atoms with E-state index in [0.717, 1.165) is 31.3 Å². The van der Waals surface area contributed by atoms with Crippen LogP contribution in [-0.2, 0) is 14.4 Å². The van der Waals surface area contributed by atoms with Gasteiger partial charge in [0.1, 0.15) is 0 Å². The smallest absolute Gasteiger partial charge is 0.334 e. The van der Waals surface area contributed by atoms with Crippen molar-refractivity contribution in [1.82, 2.24) is 10.2 Å². The quantitative estimate of drug-likeness (QED) is 0.713. The maximum absolute atomic E-state index is 12.6. The summed E-state index contributed by atoms with van der Waals surface area (Å²) in [4.78, 5) is 38.6. The fourth-order valence-corrected chi connectivity index (χ4v) is 3.91. The number of carboxylic acids is 1. The highest BCUT2D eigenvalue weighted by Crippen LogP contribution is 2.45. The average molecular weight is 320 g/mol. The molecule has 0 aromatic heterocycles. The van der Waals surface area contributed by atoms with E-state index in [-0.39, 0.29) is 17.7 Å². The van der Waals surface area contributed by atoms with Crippen molar-refractivity contribution in [3.63, 3.8) is 0 Å². The molecule has 1 heterocycles. The van der Waals surface area contributed by atoms with Gasteiger partial charge in [-0.3, -0.25) is 9.59 Å². The number of carbonyl (C=O) groups is 3. The van der Waals surface area contributed by atoms with Crippen molar-refractivity contribution >= 4 is 17.8 Å². The third kappa shape index (κ3) is 2.86. The first-order valence-corrected chi connectivity index (χ1v) is 8.45. The molecule has 0 saturated heterocycles. The molecule has 2 N–H and O–H groups in total. The number of carbonyl (C=O) groups excluding carboxylic acids is 2. The first kappa shape index (κ1) is 16.0. The Balaban J connectivity index is 1.86. The number of allylic oxidation sites excluding steroid dienone is 1. The highest BCUT2D eigenvalue weighted by atomic mass is 16.4. The van der Waals surface area contributed by atoms with Gasteiger partial charge in [-0.05, 0) is 37.7 Å². The Labute approximate surface area is 135 Å². The number of hydrogen-bond donors (Lipinski definition) is 2. The van der Waals surface area contributed by atoms with E-state index in [0.29, 0.717) is 25.8 Å². The highest BCUT2D eigenvalue weighted by Gasteiger charge is 2.58. The standard InChI is InChI=1S/C17H24N2O4/c1-19-9-4-2-3-6-11-10-17(11,16(22)23)18-14(20)12-7-5-8-13(12)15(19)21/h6,12-13H,2-5,7-10H2,1H3,(H,18,20)(H,22,23)/b11-6+/t12-,13?,17-/m1/s1. The van der Waals surface area contributed by atoms with Crippen molar-refractivity contribution < 1.29 is 19.5 Å². The molecule has 2 saturated carbocycles. The molecule has 2 amide bonds. The van der Waals surface area contributed by atoms with Gasteiger partial charge in [0.05, 0.1) is 0 Å². The largest absolute Gasteiger partial charge is 0.479 e. The second-order valence-electron chi connectivity index (χ2n) is 7.01. The van der Waals surface area contributed by atoms with E-state index in [1.807, 2.05) is 6.08 Å². The predicted molar refractivity (Wildman–Crippen MR) is 83.5 cm³/mol. The van der Waals surface area contributed by atoms with Crippen LogP contribution in [0.1, 0.15) is 44.9 Å². The lowest BCUT2D eigenvalue weighted by Crippen LogP contribution is -2.48. The number of rotatable bonds is 1. The molecule has 0 aromatic carbocycles. The van der Waals surface area contributed by atoms with E-state index in [4.69, 9.17) is 0 Å². The van der Waals surface area contributed by atoms with E-state index >= 15 is 0 Å². The van der Waals surface area contributed by atoms with Crippen molar-refractivity contribution in [2.45, 2.75) is 50.5 Å². The summed E-state index contributed by atoms with van der Waals surface area (Å²) in [6.45, 7) is 0.691. The minimum Gasteiger partial charge on any atom is -0.479 e. The fourth-order valence-electron chi connectivity index (χ4n) is 3.91. The lowest BCUT2D eigenvalue weighted by molar-refractivity contribution is -0.144. The normalized spacial score (nSPS) is 37.3. The Morgan fingerprint density at radius 3 is 2.74 bits per heavy atom. The van der Waals surface area contributed by atoms with Gasteiger partial charge in [0, 0.05) is 31.8 Å². The molecule has 0 spiro atoms. The molecule has 6 heteroatoms.